The number of nitrogens with one attached hydrogen (secondary N) is 1. The van der Waals surface area contributed by atoms with Crippen LogP contribution in [0.3, 0.4) is 0 Å². The molecule has 0 fully saturated rings. The van der Waals surface area contributed by atoms with Crippen molar-refractivity contribution in [2.75, 3.05) is 13.2 Å². The molecule has 0 saturated heterocycles. The van der Waals surface area contributed by atoms with Crippen molar-refractivity contribution in [2.24, 2.45) is 5.73 Å². The summed E-state index contributed by atoms with van der Waals surface area (Å²) in [4.78, 5) is 26.4. The van der Waals surface area contributed by atoms with E-state index in [0.717, 1.165) is 40.8 Å². The summed E-state index contributed by atoms with van der Waals surface area (Å²) in [6.45, 7) is 3.22. The molecular weight excluding hydrogens is 507 g/mol. The number of ether oxygens (including phenoxy) is 1. The van der Waals surface area contributed by atoms with Crippen molar-refractivity contribution >= 4 is 11.9 Å². The first-order valence-corrected chi connectivity index (χ1v) is 13.0. The van der Waals surface area contributed by atoms with Gasteiger partial charge in [-0.05, 0) is 59.7 Å². The van der Waals surface area contributed by atoms with Gasteiger partial charge in [0.25, 0.3) is 0 Å². The Kier molecular flexibility index (Phi) is 8.79. The van der Waals surface area contributed by atoms with Crippen LogP contribution >= 0.6 is 0 Å². The molecule has 206 valence electrons. The average molecular weight is 540 g/mol. The Morgan fingerprint density at radius 1 is 1.05 bits per heavy atom. The van der Waals surface area contributed by atoms with Crippen LogP contribution in [0.2, 0.25) is 0 Å². The number of halogens is 3. The molecule has 6 nitrogen and oxygen atoms in total. The Morgan fingerprint density at radius 2 is 1.77 bits per heavy atom. The molecule has 3 amide bonds. The first-order chi connectivity index (χ1) is 18.7. The molecule has 0 bridgehead atoms. The largest absolute Gasteiger partial charge is 0.493 e. The van der Waals surface area contributed by atoms with Crippen LogP contribution in [0, 0.1) is 0 Å². The molecule has 0 aliphatic carbocycles. The quantitative estimate of drug-likeness (QED) is 0.338. The number of nitrogens with zero attached hydrogens (tertiary/aromatic N) is 1. The SMILES string of the molecule is CCCOc1ccc2c(c1-c1ccc(C(F)(F)F)cc1)CCN(C(=O)N[C@@H](CCC(N)=O)c1ccccc1)C2. The van der Waals surface area contributed by atoms with Crippen molar-refractivity contribution in [3.63, 3.8) is 0 Å². The van der Waals surface area contributed by atoms with Crippen LogP contribution < -0.4 is 15.8 Å². The summed E-state index contributed by atoms with van der Waals surface area (Å²) in [5.41, 5.74) is 8.79. The van der Waals surface area contributed by atoms with E-state index in [1.807, 2.05) is 49.4 Å². The number of carbonyl (C=O) groups excluding carboxylic acids is 2. The highest BCUT2D eigenvalue weighted by Gasteiger charge is 2.31. The smallest absolute Gasteiger partial charge is 0.416 e. The minimum Gasteiger partial charge on any atom is -0.493 e. The zero-order chi connectivity index (χ0) is 28.0. The summed E-state index contributed by atoms with van der Waals surface area (Å²) in [6.07, 6.45) is -2.60. The minimum absolute atomic E-state index is 0.139. The second-order valence-corrected chi connectivity index (χ2v) is 9.59. The van der Waals surface area contributed by atoms with Crippen LogP contribution in [0.5, 0.6) is 5.75 Å². The lowest BCUT2D eigenvalue weighted by Gasteiger charge is -2.32. The zero-order valence-corrected chi connectivity index (χ0v) is 21.8. The van der Waals surface area contributed by atoms with Crippen molar-refractivity contribution < 1.29 is 27.5 Å². The molecule has 39 heavy (non-hydrogen) atoms. The van der Waals surface area contributed by atoms with E-state index in [0.29, 0.717) is 43.9 Å². The molecule has 1 atom stereocenters. The molecular formula is C30H32F3N3O3. The predicted molar refractivity (Wildman–Crippen MR) is 143 cm³/mol. The number of primary amides is 1. The van der Waals surface area contributed by atoms with Crippen molar-refractivity contribution in [1.29, 1.82) is 0 Å². The summed E-state index contributed by atoms with van der Waals surface area (Å²) in [5, 5.41) is 3.04. The average Bonchev–Trinajstić information content (AvgIpc) is 2.93. The van der Waals surface area contributed by atoms with Crippen molar-refractivity contribution in [3.05, 3.63) is 89.0 Å². The Labute approximate surface area is 226 Å². The number of fused-ring (bicyclic) bond motifs is 1. The molecule has 1 aliphatic rings. The molecule has 3 aromatic rings. The van der Waals surface area contributed by atoms with E-state index in [9.17, 15) is 22.8 Å². The van der Waals surface area contributed by atoms with Gasteiger partial charge in [-0.15, -0.1) is 0 Å². The molecule has 0 unspecified atom stereocenters. The van der Waals surface area contributed by atoms with Crippen LogP contribution in [0.4, 0.5) is 18.0 Å². The lowest BCUT2D eigenvalue weighted by Crippen LogP contribution is -2.44. The van der Waals surface area contributed by atoms with Crippen molar-refractivity contribution in [3.8, 4) is 16.9 Å². The van der Waals surface area contributed by atoms with E-state index >= 15 is 0 Å². The summed E-state index contributed by atoms with van der Waals surface area (Å²) >= 11 is 0. The van der Waals surface area contributed by atoms with E-state index in [1.54, 1.807) is 4.90 Å². The van der Waals surface area contributed by atoms with Crippen LogP contribution in [-0.2, 0) is 23.9 Å². The lowest BCUT2D eigenvalue weighted by molar-refractivity contribution is -0.137. The van der Waals surface area contributed by atoms with Gasteiger partial charge < -0.3 is 20.7 Å². The fourth-order valence-corrected chi connectivity index (χ4v) is 4.82. The van der Waals surface area contributed by atoms with Gasteiger partial charge in [0, 0.05) is 25.1 Å². The zero-order valence-electron chi connectivity index (χ0n) is 21.8. The number of carbonyl (C=O) groups is 2. The Balaban J connectivity index is 1.58. The van der Waals surface area contributed by atoms with Gasteiger partial charge in [0.1, 0.15) is 5.75 Å². The van der Waals surface area contributed by atoms with E-state index in [4.69, 9.17) is 10.5 Å². The fourth-order valence-electron chi connectivity index (χ4n) is 4.82. The molecule has 3 aromatic carbocycles. The highest BCUT2D eigenvalue weighted by atomic mass is 19.4. The monoisotopic (exact) mass is 539 g/mol. The van der Waals surface area contributed by atoms with E-state index < -0.39 is 17.6 Å². The van der Waals surface area contributed by atoms with Gasteiger partial charge in [-0.25, -0.2) is 4.79 Å². The molecule has 0 saturated carbocycles. The molecule has 0 spiro atoms. The van der Waals surface area contributed by atoms with Gasteiger partial charge in [0.05, 0.1) is 18.2 Å². The third kappa shape index (κ3) is 6.90. The number of nitrogens with two attached hydrogens (primary N) is 1. The predicted octanol–water partition coefficient (Wildman–Crippen LogP) is 6.24. The van der Waals surface area contributed by atoms with Crippen LogP contribution in [0.25, 0.3) is 11.1 Å². The third-order valence-corrected chi connectivity index (χ3v) is 6.79. The Bertz CT molecular complexity index is 1290. The van der Waals surface area contributed by atoms with Gasteiger partial charge in [-0.3, -0.25) is 4.79 Å². The number of rotatable bonds is 9. The highest BCUT2D eigenvalue weighted by Crippen LogP contribution is 2.39. The van der Waals surface area contributed by atoms with Gasteiger partial charge in [0.2, 0.25) is 5.91 Å². The molecule has 0 aromatic heterocycles. The maximum absolute atomic E-state index is 13.3. The summed E-state index contributed by atoms with van der Waals surface area (Å²) in [6, 6.07) is 17.6. The van der Waals surface area contributed by atoms with Gasteiger partial charge in [0.15, 0.2) is 0 Å². The first-order valence-electron chi connectivity index (χ1n) is 13.0. The minimum atomic E-state index is -4.42. The summed E-state index contributed by atoms with van der Waals surface area (Å²) in [5.74, 6) is 0.179. The number of urea groups is 1. The van der Waals surface area contributed by atoms with Crippen LogP contribution in [-0.4, -0.2) is 30.0 Å². The van der Waals surface area contributed by atoms with Crippen molar-refractivity contribution in [1.82, 2.24) is 10.2 Å². The standard InChI is InChI=1S/C30H32F3N3O3/c1-2-18-39-26-14-10-22-19-36(29(38)35-25(13-15-27(34)37)20-6-4-3-5-7-20)17-16-24(22)28(26)21-8-11-23(12-9-21)30(31,32)33/h3-12,14,25H,2,13,15-19H2,1H3,(H2,34,37)(H,35,38)/t25-/m0/s1. The number of hydrogen-bond donors (Lipinski definition) is 2. The summed E-state index contributed by atoms with van der Waals surface area (Å²) < 4.78 is 45.4. The maximum atomic E-state index is 13.3. The number of hydrogen-bond acceptors (Lipinski definition) is 3. The third-order valence-electron chi connectivity index (χ3n) is 6.79. The first kappa shape index (κ1) is 28.0. The molecule has 0 radical (unpaired) electrons. The molecule has 1 heterocycles. The van der Waals surface area contributed by atoms with Gasteiger partial charge >= 0.3 is 12.2 Å². The summed E-state index contributed by atoms with van der Waals surface area (Å²) in [7, 11) is 0. The molecule has 9 heteroatoms. The second-order valence-electron chi connectivity index (χ2n) is 9.59. The Morgan fingerprint density at radius 3 is 2.41 bits per heavy atom. The van der Waals surface area contributed by atoms with E-state index in [-0.39, 0.29) is 18.5 Å². The fraction of sp³-hybridized carbons (Fsp3) is 0.333. The molecule has 1 aliphatic heterocycles. The number of alkyl halides is 3. The number of amides is 3. The van der Waals surface area contributed by atoms with E-state index in [1.165, 1.54) is 12.1 Å². The van der Waals surface area contributed by atoms with Crippen LogP contribution in [0.15, 0.2) is 66.7 Å². The van der Waals surface area contributed by atoms with Gasteiger partial charge in [-0.1, -0.05) is 55.5 Å². The topological polar surface area (TPSA) is 84.7 Å². The second kappa shape index (κ2) is 12.2. The normalized spacial score (nSPS) is 13.9. The molecule has 3 N–H and O–H groups in total. The lowest BCUT2D eigenvalue weighted by atomic mass is 9.89. The maximum Gasteiger partial charge on any atom is 0.416 e. The molecule has 4 rings (SSSR count). The highest BCUT2D eigenvalue weighted by molar-refractivity contribution is 5.79. The van der Waals surface area contributed by atoms with Crippen LogP contribution in [0.1, 0.15) is 54.5 Å². The van der Waals surface area contributed by atoms with Gasteiger partial charge in [-0.2, -0.15) is 13.2 Å². The number of benzene rings is 3. The van der Waals surface area contributed by atoms with Crippen molar-refractivity contribution in [2.45, 2.75) is 51.4 Å². The van der Waals surface area contributed by atoms with E-state index in [2.05, 4.69) is 5.32 Å². The Hall–Kier alpha value is -4.01.